The maximum absolute atomic E-state index is 14.3. The summed E-state index contributed by atoms with van der Waals surface area (Å²) in [5.41, 5.74) is 0.692. The van der Waals surface area contributed by atoms with Crippen LogP contribution in [0.5, 0.6) is 0 Å². The fourth-order valence-corrected chi connectivity index (χ4v) is 2.95. The molecule has 26 heavy (non-hydrogen) atoms. The minimum absolute atomic E-state index is 0.0863. The third-order valence-electron chi connectivity index (χ3n) is 4.41. The third-order valence-corrected chi connectivity index (χ3v) is 4.41. The highest BCUT2D eigenvalue weighted by Gasteiger charge is 2.45. The molecule has 6 heteroatoms. The summed E-state index contributed by atoms with van der Waals surface area (Å²) >= 11 is 0. The van der Waals surface area contributed by atoms with Crippen LogP contribution in [0, 0.1) is 5.92 Å². The molecule has 1 aliphatic carbocycles. The number of hydrogen-bond donors (Lipinski definition) is 1. The maximum atomic E-state index is 14.3. The summed E-state index contributed by atoms with van der Waals surface area (Å²) in [4.78, 5) is 24.0. The Labute approximate surface area is 150 Å². The summed E-state index contributed by atoms with van der Waals surface area (Å²) in [7, 11) is 0. The highest BCUT2D eigenvalue weighted by molar-refractivity contribution is 5.89. The van der Waals surface area contributed by atoms with Gasteiger partial charge in [0.15, 0.2) is 6.17 Å². The van der Waals surface area contributed by atoms with E-state index in [0.717, 1.165) is 0 Å². The van der Waals surface area contributed by atoms with Crippen molar-refractivity contribution in [2.45, 2.75) is 24.8 Å². The molecule has 0 unspecified atom stereocenters. The number of ether oxygens (including phenoxy) is 2. The average molecular weight is 358 g/mol. The second kappa shape index (κ2) is 8.10. The average Bonchev–Trinajstić information content (AvgIpc) is 2.95. The zero-order chi connectivity index (χ0) is 18.5. The second-order valence-corrected chi connectivity index (χ2v) is 6.21. The molecule has 0 saturated heterocycles. The number of aliphatic hydroxyl groups is 1. The van der Waals surface area contributed by atoms with Crippen molar-refractivity contribution >= 4 is 11.9 Å². The summed E-state index contributed by atoms with van der Waals surface area (Å²) in [5, 5.41) is 10.0. The molecule has 0 amide bonds. The molecule has 1 fully saturated rings. The molecule has 136 valence electrons. The van der Waals surface area contributed by atoms with Gasteiger partial charge in [-0.1, -0.05) is 36.4 Å². The summed E-state index contributed by atoms with van der Waals surface area (Å²) in [6, 6.07) is 16.7. The largest absolute Gasteiger partial charge is 0.462 e. The van der Waals surface area contributed by atoms with Gasteiger partial charge in [0.25, 0.3) is 0 Å². The lowest BCUT2D eigenvalue weighted by Crippen LogP contribution is -2.31. The minimum Gasteiger partial charge on any atom is -0.462 e. The molecule has 1 N–H and O–H groups in total. The van der Waals surface area contributed by atoms with E-state index in [1.165, 1.54) is 0 Å². The number of esters is 2. The van der Waals surface area contributed by atoms with Crippen molar-refractivity contribution in [2.75, 3.05) is 6.61 Å². The SMILES string of the molecule is O=C(OC[C@H]1C[C@H](OC(=O)c2ccccc2)[C@@H](F)[C@@H]1O)c1ccccc1. The number of halogens is 1. The predicted molar refractivity (Wildman–Crippen MR) is 91.4 cm³/mol. The number of alkyl halides is 1. The summed E-state index contributed by atoms with van der Waals surface area (Å²) in [5.74, 6) is -1.82. The highest BCUT2D eigenvalue weighted by atomic mass is 19.1. The first-order chi connectivity index (χ1) is 12.6. The Morgan fingerprint density at radius 2 is 1.50 bits per heavy atom. The van der Waals surface area contributed by atoms with Crippen LogP contribution >= 0.6 is 0 Å². The van der Waals surface area contributed by atoms with E-state index < -0.39 is 36.2 Å². The van der Waals surface area contributed by atoms with Gasteiger partial charge in [0, 0.05) is 5.92 Å². The zero-order valence-electron chi connectivity index (χ0n) is 14.0. The summed E-state index contributed by atoms with van der Waals surface area (Å²) in [6.45, 7) is -0.144. The molecule has 1 aliphatic rings. The topological polar surface area (TPSA) is 72.8 Å². The molecule has 1 saturated carbocycles. The zero-order valence-corrected chi connectivity index (χ0v) is 14.0. The van der Waals surface area contributed by atoms with Crippen molar-refractivity contribution in [3.63, 3.8) is 0 Å². The number of carbonyl (C=O) groups excluding carboxylic acids is 2. The van der Waals surface area contributed by atoms with Crippen LogP contribution in [0.25, 0.3) is 0 Å². The van der Waals surface area contributed by atoms with Crippen molar-refractivity contribution in [2.24, 2.45) is 5.92 Å². The molecular weight excluding hydrogens is 339 g/mol. The Kier molecular flexibility index (Phi) is 5.63. The van der Waals surface area contributed by atoms with E-state index in [-0.39, 0.29) is 13.0 Å². The molecule has 0 radical (unpaired) electrons. The molecular formula is C20H19FO5. The Balaban J connectivity index is 1.56. The van der Waals surface area contributed by atoms with E-state index in [4.69, 9.17) is 9.47 Å². The number of rotatable bonds is 5. The van der Waals surface area contributed by atoms with Crippen LogP contribution < -0.4 is 0 Å². The van der Waals surface area contributed by atoms with Crippen molar-refractivity contribution < 1.29 is 28.6 Å². The molecule has 0 heterocycles. The first kappa shape index (κ1) is 18.1. The molecule has 0 spiro atoms. The quantitative estimate of drug-likeness (QED) is 0.832. The van der Waals surface area contributed by atoms with Gasteiger partial charge in [-0.05, 0) is 30.7 Å². The van der Waals surface area contributed by atoms with E-state index in [0.29, 0.717) is 11.1 Å². The van der Waals surface area contributed by atoms with Crippen molar-refractivity contribution in [3.8, 4) is 0 Å². The van der Waals surface area contributed by atoms with Crippen molar-refractivity contribution in [1.29, 1.82) is 0 Å². The van der Waals surface area contributed by atoms with Gasteiger partial charge < -0.3 is 14.6 Å². The Morgan fingerprint density at radius 3 is 2.08 bits per heavy atom. The van der Waals surface area contributed by atoms with Gasteiger partial charge in [0.1, 0.15) is 6.10 Å². The van der Waals surface area contributed by atoms with Crippen LogP contribution in [-0.4, -0.2) is 42.0 Å². The Morgan fingerprint density at radius 1 is 0.962 bits per heavy atom. The fraction of sp³-hybridized carbons (Fsp3) is 0.300. The lowest BCUT2D eigenvalue weighted by atomic mass is 10.1. The standard InChI is InChI=1S/C20H19FO5/c21-17-16(26-20(24)14-9-5-2-6-10-14)11-15(18(17)22)12-25-19(23)13-7-3-1-4-8-13/h1-10,15-18,22H,11-12H2/t15-,16+,17-,18-/m1/s1. The lowest BCUT2D eigenvalue weighted by Gasteiger charge is -2.15. The first-order valence-corrected chi connectivity index (χ1v) is 8.36. The smallest absolute Gasteiger partial charge is 0.338 e. The highest BCUT2D eigenvalue weighted by Crippen LogP contribution is 2.32. The normalized spacial score (nSPS) is 24.8. The molecule has 0 bridgehead atoms. The van der Waals surface area contributed by atoms with Crippen molar-refractivity contribution in [3.05, 3.63) is 71.8 Å². The monoisotopic (exact) mass is 358 g/mol. The third kappa shape index (κ3) is 4.08. The van der Waals surface area contributed by atoms with Crippen LogP contribution in [0.4, 0.5) is 4.39 Å². The van der Waals surface area contributed by atoms with Crippen LogP contribution in [0.15, 0.2) is 60.7 Å². The van der Waals surface area contributed by atoms with E-state index in [1.54, 1.807) is 60.7 Å². The van der Waals surface area contributed by atoms with Crippen molar-refractivity contribution in [1.82, 2.24) is 0 Å². The van der Waals surface area contributed by atoms with E-state index in [9.17, 15) is 19.1 Å². The van der Waals surface area contributed by atoms with Gasteiger partial charge in [0.05, 0.1) is 23.8 Å². The first-order valence-electron chi connectivity index (χ1n) is 8.36. The molecule has 2 aromatic carbocycles. The van der Waals surface area contributed by atoms with Crippen LogP contribution in [-0.2, 0) is 9.47 Å². The van der Waals surface area contributed by atoms with E-state index in [2.05, 4.69) is 0 Å². The van der Waals surface area contributed by atoms with Gasteiger partial charge in [-0.15, -0.1) is 0 Å². The number of aliphatic hydroxyl groups excluding tert-OH is 1. The summed E-state index contributed by atoms with van der Waals surface area (Å²) in [6.07, 6.45) is -4.06. The van der Waals surface area contributed by atoms with Crippen LogP contribution in [0.3, 0.4) is 0 Å². The Hall–Kier alpha value is -2.73. The maximum Gasteiger partial charge on any atom is 0.338 e. The van der Waals surface area contributed by atoms with Gasteiger partial charge in [-0.3, -0.25) is 0 Å². The molecule has 0 aromatic heterocycles. The fourth-order valence-electron chi connectivity index (χ4n) is 2.95. The van der Waals surface area contributed by atoms with Crippen LogP contribution in [0.2, 0.25) is 0 Å². The molecule has 5 nitrogen and oxygen atoms in total. The molecule has 2 aromatic rings. The predicted octanol–water partition coefficient (Wildman–Crippen LogP) is 2.79. The van der Waals surface area contributed by atoms with Gasteiger partial charge in [0.2, 0.25) is 0 Å². The number of carbonyl (C=O) groups is 2. The van der Waals surface area contributed by atoms with Crippen LogP contribution in [0.1, 0.15) is 27.1 Å². The summed E-state index contributed by atoms with van der Waals surface area (Å²) < 4.78 is 24.6. The second-order valence-electron chi connectivity index (χ2n) is 6.21. The van der Waals surface area contributed by atoms with Gasteiger partial charge in [-0.25, -0.2) is 14.0 Å². The molecule has 4 atom stereocenters. The minimum atomic E-state index is -1.72. The lowest BCUT2D eigenvalue weighted by molar-refractivity contribution is -0.00773. The number of hydrogen-bond acceptors (Lipinski definition) is 5. The van der Waals surface area contributed by atoms with Gasteiger partial charge in [-0.2, -0.15) is 0 Å². The number of benzene rings is 2. The molecule has 0 aliphatic heterocycles. The van der Waals surface area contributed by atoms with E-state index >= 15 is 0 Å². The van der Waals surface area contributed by atoms with Gasteiger partial charge >= 0.3 is 11.9 Å². The Bertz CT molecular complexity index is 749. The molecule has 3 rings (SSSR count). The van der Waals surface area contributed by atoms with E-state index in [1.807, 2.05) is 0 Å².